The van der Waals surface area contributed by atoms with Crippen LogP contribution in [-0.2, 0) is 9.59 Å². The zero-order valence-corrected chi connectivity index (χ0v) is 11.5. The van der Waals surface area contributed by atoms with Crippen LogP contribution < -0.4 is 21.7 Å². The lowest BCUT2D eigenvalue weighted by Crippen LogP contribution is -2.42. The Morgan fingerprint density at radius 3 is 2.57 bits per heavy atom. The van der Waals surface area contributed by atoms with Gasteiger partial charge in [0.05, 0.1) is 6.54 Å². The van der Waals surface area contributed by atoms with E-state index < -0.39 is 0 Å². The van der Waals surface area contributed by atoms with E-state index in [9.17, 15) is 14.4 Å². The fraction of sp³-hybridized carbons (Fsp3) is 0.357. The molecule has 0 aromatic heterocycles. The summed E-state index contributed by atoms with van der Waals surface area (Å²) in [6, 6.07) is 6.41. The number of hydrogen-bond donors (Lipinski definition) is 4. The van der Waals surface area contributed by atoms with Crippen molar-refractivity contribution in [1.82, 2.24) is 16.0 Å². The first-order valence-corrected chi connectivity index (χ1v) is 6.74. The molecule has 7 heteroatoms. The summed E-state index contributed by atoms with van der Waals surface area (Å²) in [5.41, 5.74) is 6.55. The van der Waals surface area contributed by atoms with Gasteiger partial charge >= 0.3 is 0 Å². The topological polar surface area (TPSA) is 113 Å². The van der Waals surface area contributed by atoms with Crippen molar-refractivity contribution in [3.05, 3.63) is 29.8 Å². The number of anilines is 1. The van der Waals surface area contributed by atoms with E-state index in [4.69, 9.17) is 5.73 Å². The summed E-state index contributed by atoms with van der Waals surface area (Å²) in [5.74, 6) is -0.620. The standard InChI is InChI=1S/C14H18N4O3/c15-10-3-1-9(2-4-10)14(21)17-8-13(20)16-7-11-5-6-12(19)18-11/h1-4,11H,5-8,15H2,(H,16,20)(H,17,21)(H,18,19). The maximum atomic E-state index is 11.8. The molecule has 5 N–H and O–H groups in total. The highest BCUT2D eigenvalue weighted by Gasteiger charge is 2.20. The first-order chi connectivity index (χ1) is 10.0. The SMILES string of the molecule is Nc1ccc(C(=O)NCC(=O)NCC2CCC(=O)N2)cc1. The highest BCUT2D eigenvalue weighted by molar-refractivity contribution is 5.96. The molecular formula is C14H18N4O3. The fourth-order valence-corrected chi connectivity index (χ4v) is 2.03. The third kappa shape index (κ3) is 4.48. The highest BCUT2D eigenvalue weighted by atomic mass is 16.2. The molecule has 112 valence electrons. The zero-order valence-electron chi connectivity index (χ0n) is 11.5. The first-order valence-electron chi connectivity index (χ1n) is 6.74. The molecule has 3 amide bonds. The zero-order chi connectivity index (χ0) is 15.2. The van der Waals surface area contributed by atoms with Gasteiger partial charge in [0, 0.05) is 30.3 Å². The van der Waals surface area contributed by atoms with E-state index in [-0.39, 0.29) is 30.3 Å². The summed E-state index contributed by atoms with van der Waals surface area (Å²) >= 11 is 0. The van der Waals surface area contributed by atoms with Crippen LogP contribution in [0.5, 0.6) is 0 Å². The van der Waals surface area contributed by atoms with Gasteiger partial charge in [0.1, 0.15) is 0 Å². The van der Waals surface area contributed by atoms with Crippen LogP contribution in [0, 0.1) is 0 Å². The van der Waals surface area contributed by atoms with Crippen molar-refractivity contribution >= 4 is 23.4 Å². The lowest BCUT2D eigenvalue weighted by atomic mass is 10.2. The Morgan fingerprint density at radius 2 is 1.95 bits per heavy atom. The lowest BCUT2D eigenvalue weighted by molar-refractivity contribution is -0.121. The Bertz CT molecular complexity index is 542. The number of benzene rings is 1. The maximum absolute atomic E-state index is 11.8. The largest absolute Gasteiger partial charge is 0.399 e. The minimum atomic E-state index is -0.334. The molecule has 2 rings (SSSR count). The predicted octanol–water partition coefficient (Wildman–Crippen LogP) is -0.607. The first kappa shape index (κ1) is 14.8. The molecule has 7 nitrogen and oxygen atoms in total. The van der Waals surface area contributed by atoms with E-state index in [1.54, 1.807) is 24.3 Å². The molecule has 1 saturated heterocycles. The summed E-state index contributed by atoms with van der Waals surface area (Å²) in [4.78, 5) is 34.4. The quantitative estimate of drug-likeness (QED) is 0.542. The minimum absolute atomic E-state index is 0.00547. The van der Waals surface area contributed by atoms with E-state index in [1.807, 2.05) is 0 Å². The number of carbonyl (C=O) groups is 3. The molecule has 1 aromatic rings. The molecule has 0 spiro atoms. The Labute approximate surface area is 122 Å². The monoisotopic (exact) mass is 290 g/mol. The van der Waals surface area contributed by atoms with Gasteiger partial charge in [-0.3, -0.25) is 14.4 Å². The summed E-state index contributed by atoms with van der Waals surface area (Å²) in [5, 5.41) is 7.95. The second-order valence-corrected chi connectivity index (χ2v) is 4.91. The molecule has 1 aromatic carbocycles. The van der Waals surface area contributed by atoms with Crippen molar-refractivity contribution in [3.8, 4) is 0 Å². The molecule has 0 aliphatic carbocycles. The molecule has 0 radical (unpaired) electrons. The van der Waals surface area contributed by atoms with E-state index in [0.717, 1.165) is 6.42 Å². The van der Waals surface area contributed by atoms with Gasteiger partial charge in [-0.05, 0) is 30.7 Å². The highest BCUT2D eigenvalue weighted by Crippen LogP contribution is 2.05. The number of nitrogen functional groups attached to an aromatic ring is 1. The van der Waals surface area contributed by atoms with Crippen LogP contribution in [0.1, 0.15) is 23.2 Å². The predicted molar refractivity (Wildman–Crippen MR) is 77.4 cm³/mol. The summed E-state index contributed by atoms with van der Waals surface area (Å²) in [6.45, 7) is 0.270. The maximum Gasteiger partial charge on any atom is 0.251 e. The van der Waals surface area contributed by atoms with E-state index in [2.05, 4.69) is 16.0 Å². The van der Waals surface area contributed by atoms with Gasteiger partial charge < -0.3 is 21.7 Å². The Kier molecular flexibility index (Phi) is 4.76. The van der Waals surface area contributed by atoms with Crippen molar-refractivity contribution in [1.29, 1.82) is 0 Å². The Balaban J connectivity index is 1.69. The Hall–Kier alpha value is -2.57. The molecule has 1 aliphatic heterocycles. The molecule has 1 heterocycles. The number of rotatable bonds is 5. The van der Waals surface area contributed by atoms with Crippen LogP contribution >= 0.6 is 0 Å². The van der Waals surface area contributed by atoms with Crippen molar-refractivity contribution in [2.75, 3.05) is 18.8 Å². The smallest absolute Gasteiger partial charge is 0.251 e. The van der Waals surface area contributed by atoms with Gasteiger partial charge in [-0.25, -0.2) is 0 Å². The molecule has 21 heavy (non-hydrogen) atoms. The molecular weight excluding hydrogens is 272 g/mol. The van der Waals surface area contributed by atoms with Crippen LogP contribution in [0.3, 0.4) is 0 Å². The summed E-state index contributed by atoms with van der Waals surface area (Å²) < 4.78 is 0. The van der Waals surface area contributed by atoms with Crippen LogP contribution in [0.15, 0.2) is 24.3 Å². The van der Waals surface area contributed by atoms with Gasteiger partial charge in [-0.1, -0.05) is 0 Å². The van der Waals surface area contributed by atoms with Crippen LogP contribution in [0.4, 0.5) is 5.69 Å². The third-order valence-electron chi connectivity index (χ3n) is 3.21. The lowest BCUT2D eigenvalue weighted by Gasteiger charge is -2.11. The Morgan fingerprint density at radius 1 is 1.24 bits per heavy atom. The van der Waals surface area contributed by atoms with Gasteiger partial charge in [-0.15, -0.1) is 0 Å². The second kappa shape index (κ2) is 6.74. The van der Waals surface area contributed by atoms with E-state index in [1.165, 1.54) is 0 Å². The normalized spacial score (nSPS) is 17.1. The van der Waals surface area contributed by atoms with Gasteiger partial charge in [0.15, 0.2) is 0 Å². The second-order valence-electron chi connectivity index (χ2n) is 4.91. The van der Waals surface area contributed by atoms with Crippen LogP contribution in [-0.4, -0.2) is 36.9 Å². The number of carbonyl (C=O) groups excluding carboxylic acids is 3. The number of hydrogen-bond acceptors (Lipinski definition) is 4. The average Bonchev–Trinajstić information content (AvgIpc) is 2.89. The van der Waals surface area contributed by atoms with Crippen molar-refractivity contribution in [2.45, 2.75) is 18.9 Å². The van der Waals surface area contributed by atoms with E-state index >= 15 is 0 Å². The average molecular weight is 290 g/mol. The summed E-state index contributed by atoms with van der Waals surface area (Å²) in [7, 11) is 0. The molecule has 1 unspecified atom stereocenters. The molecule has 0 saturated carbocycles. The van der Waals surface area contributed by atoms with Gasteiger partial charge in [0.25, 0.3) is 5.91 Å². The number of amides is 3. The van der Waals surface area contributed by atoms with Crippen LogP contribution in [0.2, 0.25) is 0 Å². The van der Waals surface area contributed by atoms with Gasteiger partial charge in [-0.2, -0.15) is 0 Å². The van der Waals surface area contributed by atoms with E-state index in [0.29, 0.717) is 24.2 Å². The molecule has 1 atom stereocenters. The van der Waals surface area contributed by atoms with Crippen molar-refractivity contribution < 1.29 is 14.4 Å². The summed E-state index contributed by atoms with van der Waals surface area (Å²) in [6.07, 6.45) is 1.21. The third-order valence-corrected chi connectivity index (χ3v) is 3.21. The molecule has 0 bridgehead atoms. The van der Waals surface area contributed by atoms with Crippen LogP contribution in [0.25, 0.3) is 0 Å². The van der Waals surface area contributed by atoms with Gasteiger partial charge in [0.2, 0.25) is 11.8 Å². The molecule has 1 aliphatic rings. The minimum Gasteiger partial charge on any atom is -0.399 e. The van der Waals surface area contributed by atoms with Crippen molar-refractivity contribution in [3.63, 3.8) is 0 Å². The number of nitrogens with two attached hydrogens (primary N) is 1. The molecule has 1 fully saturated rings. The number of nitrogens with one attached hydrogen (secondary N) is 3. The van der Waals surface area contributed by atoms with Crippen molar-refractivity contribution in [2.24, 2.45) is 0 Å². The fourth-order valence-electron chi connectivity index (χ4n) is 2.03.